The van der Waals surface area contributed by atoms with Crippen LogP contribution in [0.5, 0.6) is 11.6 Å². The third kappa shape index (κ3) is 4.42. The van der Waals surface area contributed by atoms with E-state index in [0.717, 1.165) is 50.3 Å². The SMILES string of the molecule is Cc1ccc(Oc2nccnc2N2CCC(C(=O)N3CCC4(CC3)OCCO4)CC2)cc1. The van der Waals surface area contributed by atoms with Crippen LogP contribution in [0.1, 0.15) is 31.2 Å². The molecule has 32 heavy (non-hydrogen) atoms. The number of piperidine rings is 2. The molecule has 5 rings (SSSR count). The molecule has 0 radical (unpaired) electrons. The van der Waals surface area contributed by atoms with E-state index in [2.05, 4.69) is 14.9 Å². The number of likely N-dealkylation sites (tertiary alicyclic amines) is 1. The number of carbonyl (C=O) groups is 1. The van der Waals surface area contributed by atoms with Gasteiger partial charge in [-0.15, -0.1) is 0 Å². The summed E-state index contributed by atoms with van der Waals surface area (Å²) in [6.07, 6.45) is 6.45. The van der Waals surface area contributed by atoms with Crippen molar-refractivity contribution in [2.24, 2.45) is 5.92 Å². The van der Waals surface area contributed by atoms with Gasteiger partial charge in [0.25, 0.3) is 5.88 Å². The van der Waals surface area contributed by atoms with Gasteiger partial charge in [-0.2, -0.15) is 0 Å². The number of hydrogen-bond donors (Lipinski definition) is 0. The molecule has 1 aromatic carbocycles. The second kappa shape index (κ2) is 9.03. The molecule has 3 saturated heterocycles. The highest BCUT2D eigenvalue weighted by Crippen LogP contribution is 2.34. The lowest BCUT2D eigenvalue weighted by Crippen LogP contribution is -2.50. The fraction of sp³-hybridized carbons (Fsp3) is 0.542. The molecule has 0 N–H and O–H groups in total. The Morgan fingerprint density at radius 2 is 1.66 bits per heavy atom. The van der Waals surface area contributed by atoms with Gasteiger partial charge in [-0.05, 0) is 31.9 Å². The number of amides is 1. The van der Waals surface area contributed by atoms with Crippen LogP contribution in [0.4, 0.5) is 5.82 Å². The van der Waals surface area contributed by atoms with Gasteiger partial charge in [0.2, 0.25) is 5.91 Å². The molecule has 0 bridgehead atoms. The third-order valence-corrected chi connectivity index (χ3v) is 6.68. The number of aryl methyl sites for hydroxylation is 1. The van der Waals surface area contributed by atoms with E-state index in [0.29, 0.717) is 32.2 Å². The lowest BCUT2D eigenvalue weighted by atomic mass is 9.93. The van der Waals surface area contributed by atoms with Crippen molar-refractivity contribution in [1.29, 1.82) is 0 Å². The van der Waals surface area contributed by atoms with Crippen LogP contribution >= 0.6 is 0 Å². The second-order valence-electron chi connectivity index (χ2n) is 8.79. The molecule has 170 valence electrons. The van der Waals surface area contributed by atoms with Gasteiger partial charge in [-0.3, -0.25) is 4.79 Å². The summed E-state index contributed by atoms with van der Waals surface area (Å²) in [7, 11) is 0. The number of ether oxygens (including phenoxy) is 3. The van der Waals surface area contributed by atoms with E-state index < -0.39 is 5.79 Å². The molecular formula is C24H30N4O4. The summed E-state index contributed by atoms with van der Waals surface area (Å²) in [6.45, 7) is 6.28. The Labute approximate surface area is 188 Å². The van der Waals surface area contributed by atoms with Crippen molar-refractivity contribution in [3.63, 3.8) is 0 Å². The van der Waals surface area contributed by atoms with Crippen molar-refractivity contribution < 1.29 is 19.0 Å². The Balaban J connectivity index is 1.18. The van der Waals surface area contributed by atoms with Crippen LogP contribution in [0, 0.1) is 12.8 Å². The van der Waals surface area contributed by atoms with E-state index in [9.17, 15) is 4.79 Å². The van der Waals surface area contributed by atoms with Crippen LogP contribution in [0.25, 0.3) is 0 Å². The Bertz CT molecular complexity index is 927. The van der Waals surface area contributed by atoms with Crippen molar-refractivity contribution in [3.8, 4) is 11.6 Å². The monoisotopic (exact) mass is 438 g/mol. The summed E-state index contributed by atoms with van der Waals surface area (Å²) in [6, 6.07) is 7.89. The van der Waals surface area contributed by atoms with E-state index in [-0.39, 0.29) is 11.8 Å². The predicted molar refractivity (Wildman–Crippen MR) is 119 cm³/mol. The first-order valence-corrected chi connectivity index (χ1v) is 11.5. The van der Waals surface area contributed by atoms with Crippen LogP contribution in [0.2, 0.25) is 0 Å². The zero-order valence-corrected chi connectivity index (χ0v) is 18.5. The predicted octanol–water partition coefficient (Wildman–Crippen LogP) is 3.16. The van der Waals surface area contributed by atoms with Gasteiger partial charge in [0, 0.05) is 57.3 Å². The van der Waals surface area contributed by atoms with E-state index in [4.69, 9.17) is 14.2 Å². The van der Waals surface area contributed by atoms with Gasteiger partial charge in [0.05, 0.1) is 13.2 Å². The number of rotatable bonds is 4. The molecule has 4 heterocycles. The topological polar surface area (TPSA) is 77.0 Å². The van der Waals surface area contributed by atoms with Crippen molar-refractivity contribution in [3.05, 3.63) is 42.2 Å². The minimum atomic E-state index is -0.444. The zero-order valence-electron chi connectivity index (χ0n) is 18.5. The van der Waals surface area contributed by atoms with E-state index in [1.807, 2.05) is 36.1 Å². The highest BCUT2D eigenvalue weighted by atomic mass is 16.7. The third-order valence-electron chi connectivity index (χ3n) is 6.68. The molecule has 2 aromatic rings. The zero-order chi connectivity index (χ0) is 22.0. The summed E-state index contributed by atoms with van der Waals surface area (Å²) >= 11 is 0. The van der Waals surface area contributed by atoms with Crippen LogP contribution < -0.4 is 9.64 Å². The van der Waals surface area contributed by atoms with Gasteiger partial charge in [0.15, 0.2) is 11.6 Å². The molecular weight excluding hydrogens is 408 g/mol. The number of nitrogens with zero attached hydrogens (tertiary/aromatic N) is 4. The highest BCUT2D eigenvalue weighted by molar-refractivity contribution is 5.79. The average molecular weight is 439 g/mol. The molecule has 1 amide bonds. The fourth-order valence-electron chi connectivity index (χ4n) is 4.77. The molecule has 3 aliphatic heterocycles. The largest absolute Gasteiger partial charge is 0.436 e. The Morgan fingerprint density at radius 1 is 1.00 bits per heavy atom. The normalized spacial score (nSPS) is 21.2. The Morgan fingerprint density at radius 3 is 2.34 bits per heavy atom. The summed E-state index contributed by atoms with van der Waals surface area (Å²) in [5.41, 5.74) is 1.18. The molecule has 3 aliphatic rings. The van der Waals surface area contributed by atoms with Crippen LogP contribution in [-0.2, 0) is 14.3 Å². The molecule has 1 spiro atoms. The van der Waals surface area contributed by atoms with Gasteiger partial charge >= 0.3 is 0 Å². The summed E-state index contributed by atoms with van der Waals surface area (Å²) in [5, 5.41) is 0. The van der Waals surface area contributed by atoms with Gasteiger partial charge < -0.3 is 24.0 Å². The number of carbonyl (C=O) groups excluding carboxylic acids is 1. The maximum atomic E-state index is 13.1. The molecule has 0 saturated carbocycles. The molecule has 0 aliphatic carbocycles. The number of aromatic nitrogens is 2. The van der Waals surface area contributed by atoms with Crippen LogP contribution in [0.15, 0.2) is 36.7 Å². The quantitative estimate of drug-likeness (QED) is 0.726. The van der Waals surface area contributed by atoms with Crippen molar-refractivity contribution >= 4 is 11.7 Å². The summed E-state index contributed by atoms with van der Waals surface area (Å²) in [5.74, 6) is 1.82. The maximum Gasteiger partial charge on any atom is 0.263 e. The number of anilines is 1. The summed E-state index contributed by atoms with van der Waals surface area (Å²) in [4.78, 5) is 26.2. The first-order chi connectivity index (χ1) is 15.6. The minimum Gasteiger partial charge on any atom is -0.436 e. The highest BCUT2D eigenvalue weighted by Gasteiger charge is 2.42. The van der Waals surface area contributed by atoms with Crippen molar-refractivity contribution in [2.75, 3.05) is 44.3 Å². The second-order valence-corrected chi connectivity index (χ2v) is 8.79. The van der Waals surface area contributed by atoms with Crippen LogP contribution in [-0.4, -0.2) is 66.0 Å². The van der Waals surface area contributed by atoms with Gasteiger partial charge in [-0.1, -0.05) is 17.7 Å². The van der Waals surface area contributed by atoms with E-state index >= 15 is 0 Å². The molecule has 8 nitrogen and oxygen atoms in total. The van der Waals surface area contributed by atoms with Gasteiger partial charge in [-0.25, -0.2) is 9.97 Å². The molecule has 0 atom stereocenters. The lowest BCUT2D eigenvalue weighted by Gasteiger charge is -2.40. The Kier molecular flexibility index (Phi) is 5.97. The molecule has 1 aromatic heterocycles. The number of benzene rings is 1. The molecule has 0 unspecified atom stereocenters. The van der Waals surface area contributed by atoms with Gasteiger partial charge in [0.1, 0.15) is 5.75 Å². The average Bonchev–Trinajstić information content (AvgIpc) is 3.29. The maximum absolute atomic E-state index is 13.1. The standard InChI is InChI=1S/C24H30N4O4/c1-18-2-4-20(5-3-18)32-22-21(25-10-11-26-22)27-12-6-19(7-13-27)23(29)28-14-8-24(9-15-28)30-16-17-31-24/h2-5,10-11,19H,6-9,12-17H2,1H3. The fourth-order valence-corrected chi connectivity index (χ4v) is 4.77. The first-order valence-electron chi connectivity index (χ1n) is 11.5. The molecule has 8 heteroatoms. The van der Waals surface area contributed by atoms with Crippen LogP contribution in [0.3, 0.4) is 0 Å². The minimum absolute atomic E-state index is 0.0452. The lowest BCUT2D eigenvalue weighted by molar-refractivity contribution is -0.188. The van der Waals surface area contributed by atoms with Crippen molar-refractivity contribution in [2.45, 2.75) is 38.4 Å². The number of hydrogen-bond acceptors (Lipinski definition) is 7. The smallest absolute Gasteiger partial charge is 0.263 e. The van der Waals surface area contributed by atoms with Crippen molar-refractivity contribution in [1.82, 2.24) is 14.9 Å². The summed E-state index contributed by atoms with van der Waals surface area (Å²) < 4.78 is 17.6. The molecule has 3 fully saturated rings. The van der Waals surface area contributed by atoms with E-state index in [1.165, 1.54) is 5.56 Å². The first kappa shape index (κ1) is 21.2. The van der Waals surface area contributed by atoms with E-state index in [1.54, 1.807) is 12.4 Å². The Hall–Kier alpha value is -2.71.